The number of rotatable bonds is 1. The fourth-order valence-corrected chi connectivity index (χ4v) is 2.89. The molecule has 0 saturated heterocycles. The molecule has 1 amide bonds. The van der Waals surface area contributed by atoms with Crippen molar-refractivity contribution >= 4 is 28.9 Å². The number of hydrogen-bond acceptors (Lipinski definition) is 2. The first-order valence-electron chi connectivity index (χ1n) is 6.93. The van der Waals surface area contributed by atoms with Crippen molar-refractivity contribution in [2.75, 3.05) is 11.4 Å². The summed E-state index contributed by atoms with van der Waals surface area (Å²) >= 11 is 5.40. The lowest BCUT2D eigenvalue weighted by Crippen LogP contribution is -2.42. The smallest absolute Gasteiger partial charge is 0.257 e. The first-order valence-corrected chi connectivity index (χ1v) is 7.34. The minimum Gasteiger partial charge on any atom is -0.318 e. The Labute approximate surface area is 129 Å². The van der Waals surface area contributed by atoms with Crippen molar-refractivity contribution in [1.82, 2.24) is 5.32 Å². The zero-order chi connectivity index (χ0) is 14.8. The molecule has 0 saturated carbocycles. The summed E-state index contributed by atoms with van der Waals surface area (Å²) in [5.41, 5.74) is 3.96. The first-order chi connectivity index (χ1) is 10.2. The summed E-state index contributed by atoms with van der Waals surface area (Å²) in [6.45, 7) is 2.73. The number of benzene rings is 2. The van der Waals surface area contributed by atoms with Crippen molar-refractivity contribution in [3.05, 3.63) is 65.2 Å². The van der Waals surface area contributed by atoms with E-state index in [0.717, 1.165) is 24.2 Å². The summed E-state index contributed by atoms with van der Waals surface area (Å²) in [5.74, 6) is -0.150. The molecular formula is C17H16N2OS. The molecule has 4 heteroatoms. The molecule has 0 unspecified atom stereocenters. The normalized spacial score (nSPS) is 12.9. The Kier molecular flexibility index (Phi) is 3.71. The lowest BCUT2D eigenvalue weighted by atomic mass is 10.1. The average molecular weight is 296 g/mol. The van der Waals surface area contributed by atoms with Crippen LogP contribution in [0.5, 0.6) is 0 Å². The van der Waals surface area contributed by atoms with Gasteiger partial charge in [-0.15, -0.1) is 0 Å². The number of anilines is 1. The summed E-state index contributed by atoms with van der Waals surface area (Å²) in [6, 6.07) is 15.7. The van der Waals surface area contributed by atoms with E-state index in [0.29, 0.717) is 10.7 Å². The molecule has 1 aliphatic heterocycles. The Morgan fingerprint density at radius 1 is 1.14 bits per heavy atom. The van der Waals surface area contributed by atoms with Crippen LogP contribution >= 0.6 is 12.2 Å². The van der Waals surface area contributed by atoms with Gasteiger partial charge in [0.05, 0.1) is 0 Å². The van der Waals surface area contributed by atoms with E-state index in [2.05, 4.69) is 11.4 Å². The topological polar surface area (TPSA) is 32.3 Å². The standard InChI is InChI=1S/C17H16N2OS/c1-12-6-2-4-8-14(12)16(20)18-17(21)19-11-10-13-7-3-5-9-15(13)19/h2-9H,10-11H2,1H3,(H,18,20,21). The molecule has 0 aliphatic carbocycles. The number of nitrogens with zero attached hydrogens (tertiary/aromatic N) is 1. The van der Waals surface area contributed by atoms with Crippen LogP contribution in [0.3, 0.4) is 0 Å². The number of thiocarbonyl (C=S) groups is 1. The third-order valence-electron chi connectivity index (χ3n) is 3.74. The molecule has 0 spiro atoms. The van der Waals surface area contributed by atoms with Crippen molar-refractivity contribution in [2.24, 2.45) is 0 Å². The van der Waals surface area contributed by atoms with Crippen LogP contribution in [0.1, 0.15) is 21.5 Å². The number of hydrogen-bond donors (Lipinski definition) is 1. The molecule has 1 aliphatic rings. The molecule has 3 rings (SSSR count). The lowest BCUT2D eigenvalue weighted by molar-refractivity contribution is 0.0976. The number of aryl methyl sites for hydroxylation is 1. The van der Waals surface area contributed by atoms with Gasteiger partial charge in [-0.05, 0) is 48.8 Å². The molecule has 0 fully saturated rings. The molecule has 0 aromatic heterocycles. The SMILES string of the molecule is Cc1ccccc1C(=O)NC(=S)N1CCc2ccccc21. The fourth-order valence-electron chi connectivity index (χ4n) is 2.61. The Bertz CT molecular complexity index is 711. The molecule has 0 bridgehead atoms. The minimum atomic E-state index is -0.150. The van der Waals surface area contributed by atoms with E-state index in [1.54, 1.807) is 0 Å². The van der Waals surface area contributed by atoms with Crippen LogP contribution in [0.15, 0.2) is 48.5 Å². The molecule has 1 N–H and O–H groups in total. The zero-order valence-electron chi connectivity index (χ0n) is 11.8. The molecular weight excluding hydrogens is 280 g/mol. The van der Waals surface area contributed by atoms with Gasteiger partial charge in [0.15, 0.2) is 5.11 Å². The van der Waals surface area contributed by atoms with E-state index < -0.39 is 0 Å². The molecule has 21 heavy (non-hydrogen) atoms. The van der Waals surface area contributed by atoms with E-state index in [4.69, 9.17) is 12.2 Å². The third-order valence-corrected chi connectivity index (χ3v) is 4.06. The molecule has 0 atom stereocenters. The Balaban J connectivity index is 1.76. The van der Waals surface area contributed by atoms with Gasteiger partial charge in [0, 0.05) is 17.8 Å². The second-order valence-corrected chi connectivity index (χ2v) is 5.49. The van der Waals surface area contributed by atoms with Crippen LogP contribution in [0.2, 0.25) is 0 Å². The average Bonchev–Trinajstić information content (AvgIpc) is 2.91. The Morgan fingerprint density at radius 2 is 1.86 bits per heavy atom. The second-order valence-electron chi connectivity index (χ2n) is 5.10. The summed E-state index contributed by atoms with van der Waals surface area (Å²) in [7, 11) is 0. The van der Waals surface area contributed by atoms with Crippen molar-refractivity contribution in [3.8, 4) is 0 Å². The summed E-state index contributed by atoms with van der Waals surface area (Å²) in [5, 5.41) is 3.30. The summed E-state index contributed by atoms with van der Waals surface area (Å²) < 4.78 is 0. The van der Waals surface area contributed by atoms with Crippen LogP contribution in [-0.2, 0) is 6.42 Å². The monoisotopic (exact) mass is 296 g/mol. The van der Waals surface area contributed by atoms with Gasteiger partial charge >= 0.3 is 0 Å². The number of amides is 1. The molecule has 0 radical (unpaired) electrons. The molecule has 1 heterocycles. The fraction of sp³-hybridized carbons (Fsp3) is 0.176. The van der Waals surface area contributed by atoms with Crippen molar-refractivity contribution < 1.29 is 4.79 Å². The van der Waals surface area contributed by atoms with Gasteiger partial charge in [0.25, 0.3) is 5.91 Å². The van der Waals surface area contributed by atoms with Crippen molar-refractivity contribution in [3.63, 3.8) is 0 Å². The maximum Gasteiger partial charge on any atom is 0.257 e. The van der Waals surface area contributed by atoms with Gasteiger partial charge < -0.3 is 4.90 Å². The summed E-state index contributed by atoms with van der Waals surface area (Å²) in [4.78, 5) is 14.3. The second kappa shape index (κ2) is 5.66. The Hall–Kier alpha value is -2.20. The predicted molar refractivity (Wildman–Crippen MR) is 88.7 cm³/mol. The molecule has 2 aromatic carbocycles. The van der Waals surface area contributed by atoms with Gasteiger partial charge in [0.2, 0.25) is 0 Å². The number of nitrogens with one attached hydrogen (secondary N) is 1. The molecule has 3 nitrogen and oxygen atoms in total. The van der Waals surface area contributed by atoms with Gasteiger partial charge in [-0.1, -0.05) is 36.4 Å². The van der Waals surface area contributed by atoms with Crippen molar-refractivity contribution in [1.29, 1.82) is 0 Å². The predicted octanol–water partition coefficient (Wildman–Crippen LogP) is 3.07. The van der Waals surface area contributed by atoms with E-state index in [1.165, 1.54) is 5.56 Å². The van der Waals surface area contributed by atoms with Crippen LogP contribution in [-0.4, -0.2) is 17.6 Å². The van der Waals surface area contributed by atoms with E-state index in [9.17, 15) is 4.79 Å². The number of fused-ring (bicyclic) bond motifs is 1. The van der Waals surface area contributed by atoms with Crippen LogP contribution < -0.4 is 10.2 Å². The zero-order valence-corrected chi connectivity index (χ0v) is 12.6. The first kappa shape index (κ1) is 13.8. The van der Waals surface area contributed by atoms with E-state index in [1.807, 2.05) is 54.3 Å². The van der Waals surface area contributed by atoms with Gasteiger partial charge in [-0.3, -0.25) is 10.1 Å². The van der Waals surface area contributed by atoms with E-state index in [-0.39, 0.29) is 5.91 Å². The highest BCUT2D eigenvalue weighted by molar-refractivity contribution is 7.80. The van der Waals surface area contributed by atoms with Crippen molar-refractivity contribution in [2.45, 2.75) is 13.3 Å². The van der Waals surface area contributed by atoms with Crippen LogP contribution in [0, 0.1) is 6.92 Å². The van der Waals surface area contributed by atoms with E-state index >= 15 is 0 Å². The highest BCUT2D eigenvalue weighted by Gasteiger charge is 2.23. The third kappa shape index (κ3) is 2.67. The van der Waals surface area contributed by atoms with Gasteiger partial charge in [-0.2, -0.15) is 0 Å². The number of carbonyl (C=O) groups excluding carboxylic acids is 1. The van der Waals surface area contributed by atoms with Gasteiger partial charge in [-0.25, -0.2) is 0 Å². The molecule has 2 aromatic rings. The molecule has 106 valence electrons. The summed E-state index contributed by atoms with van der Waals surface area (Å²) in [6.07, 6.45) is 0.955. The number of para-hydroxylation sites is 1. The largest absolute Gasteiger partial charge is 0.318 e. The number of carbonyl (C=O) groups is 1. The minimum absolute atomic E-state index is 0.150. The quantitative estimate of drug-likeness (QED) is 0.821. The van der Waals surface area contributed by atoms with Gasteiger partial charge in [0.1, 0.15) is 0 Å². The maximum atomic E-state index is 12.3. The maximum absolute atomic E-state index is 12.3. The lowest BCUT2D eigenvalue weighted by Gasteiger charge is -2.20. The Morgan fingerprint density at radius 3 is 2.67 bits per heavy atom. The van der Waals surface area contributed by atoms with Crippen LogP contribution in [0.4, 0.5) is 5.69 Å². The highest BCUT2D eigenvalue weighted by Crippen LogP contribution is 2.27. The highest BCUT2D eigenvalue weighted by atomic mass is 32.1. The van der Waals surface area contributed by atoms with Crippen LogP contribution in [0.25, 0.3) is 0 Å².